The van der Waals surface area contributed by atoms with E-state index in [0.717, 1.165) is 6.92 Å². The minimum absolute atomic E-state index is 0.000563. The largest absolute Gasteiger partial charge is 0.511 e. The fourth-order valence-corrected chi connectivity index (χ4v) is 7.55. The molecule has 0 amide bonds. The Labute approximate surface area is 237 Å². The average Bonchev–Trinajstić information content (AvgIpc) is 2.85. The summed E-state index contributed by atoms with van der Waals surface area (Å²) in [6.07, 6.45) is -0.362. The summed E-state index contributed by atoms with van der Waals surface area (Å²) in [5.74, 6) is -6.73. The molecule has 10 heteroatoms. The number of hydrogen-bond acceptors (Lipinski definition) is 10. The van der Waals surface area contributed by atoms with Crippen LogP contribution < -0.4 is 0 Å². The summed E-state index contributed by atoms with van der Waals surface area (Å²) in [5, 5.41) is 46.0. The Morgan fingerprint density at radius 3 is 2.27 bits per heavy atom. The molecule has 10 nitrogen and oxygen atoms in total. The molecule has 4 rings (SSSR count). The summed E-state index contributed by atoms with van der Waals surface area (Å²) in [6.45, 7) is 7.91. The highest BCUT2D eigenvalue weighted by molar-refractivity contribution is 6.25. The number of ketones is 4. The SMILES string of the molecule is COC(=O)CCC(=O)Cc1ccc2c(c1O)C(=O)C1=C(O)[C@@]3(O)C(=O)C(C(C)=O)=C(O)C(C(C)C)[C@@]3(C)C[C@@]1(C)C2. The Morgan fingerprint density at radius 1 is 1.07 bits per heavy atom. The van der Waals surface area contributed by atoms with Gasteiger partial charge in [0.1, 0.15) is 28.6 Å². The van der Waals surface area contributed by atoms with E-state index in [9.17, 15) is 44.4 Å². The van der Waals surface area contributed by atoms with E-state index in [2.05, 4.69) is 4.74 Å². The van der Waals surface area contributed by atoms with Gasteiger partial charge in [0, 0.05) is 40.7 Å². The van der Waals surface area contributed by atoms with Gasteiger partial charge >= 0.3 is 5.97 Å². The topological polar surface area (TPSA) is 176 Å². The van der Waals surface area contributed by atoms with Crippen molar-refractivity contribution in [1.29, 1.82) is 0 Å². The fourth-order valence-electron chi connectivity index (χ4n) is 7.55. The lowest BCUT2D eigenvalue weighted by molar-refractivity contribution is -0.171. The number of ether oxygens (including phenoxy) is 1. The van der Waals surface area contributed by atoms with Crippen LogP contribution in [0.25, 0.3) is 0 Å². The molecular formula is C31H36O10. The molecule has 41 heavy (non-hydrogen) atoms. The maximum atomic E-state index is 14.0. The van der Waals surface area contributed by atoms with Crippen molar-refractivity contribution < 1.29 is 49.1 Å². The van der Waals surface area contributed by atoms with Gasteiger partial charge in [0.2, 0.25) is 5.78 Å². The molecule has 4 N–H and O–H groups in total. The number of aliphatic hydroxyl groups excluding tert-OH is 2. The number of carbonyl (C=O) groups is 5. The quantitative estimate of drug-likeness (QED) is 0.282. The van der Waals surface area contributed by atoms with E-state index in [1.54, 1.807) is 33.8 Å². The molecular weight excluding hydrogens is 532 g/mol. The molecule has 0 fully saturated rings. The normalized spacial score (nSPS) is 29.2. The molecule has 3 aliphatic rings. The number of rotatable bonds is 7. The third-order valence-electron chi connectivity index (χ3n) is 9.18. The number of allylic oxidation sites excluding steroid dienone is 2. The number of methoxy groups -OCH3 is 1. The predicted octanol–water partition coefficient (Wildman–Crippen LogP) is 3.41. The number of fused-ring (bicyclic) bond motifs is 3. The molecule has 0 radical (unpaired) electrons. The first-order chi connectivity index (χ1) is 19.0. The molecule has 1 aromatic carbocycles. The van der Waals surface area contributed by atoms with Crippen molar-refractivity contribution in [2.45, 2.75) is 72.3 Å². The van der Waals surface area contributed by atoms with Crippen LogP contribution in [0.1, 0.15) is 75.4 Å². The van der Waals surface area contributed by atoms with Gasteiger partial charge in [0.15, 0.2) is 17.2 Å². The van der Waals surface area contributed by atoms with Crippen LogP contribution in [0.5, 0.6) is 5.75 Å². The molecule has 4 atom stereocenters. The van der Waals surface area contributed by atoms with Crippen LogP contribution in [-0.2, 0) is 36.8 Å². The first-order valence-corrected chi connectivity index (χ1v) is 13.6. The highest BCUT2D eigenvalue weighted by Crippen LogP contribution is 2.65. The minimum atomic E-state index is -2.69. The van der Waals surface area contributed by atoms with E-state index in [1.165, 1.54) is 13.2 Å². The second-order valence-electron chi connectivity index (χ2n) is 12.4. The summed E-state index contributed by atoms with van der Waals surface area (Å²) >= 11 is 0. The van der Waals surface area contributed by atoms with Crippen LogP contribution >= 0.6 is 0 Å². The molecule has 0 bridgehead atoms. The summed E-state index contributed by atoms with van der Waals surface area (Å²) in [5.41, 5.74) is -5.70. The first kappa shape index (κ1) is 30.2. The van der Waals surface area contributed by atoms with Crippen molar-refractivity contribution in [1.82, 2.24) is 0 Å². The number of aromatic hydroxyl groups is 1. The lowest BCUT2D eigenvalue weighted by atomic mass is 9.44. The van der Waals surface area contributed by atoms with Gasteiger partial charge in [0.05, 0.1) is 19.1 Å². The van der Waals surface area contributed by atoms with Crippen molar-refractivity contribution in [2.75, 3.05) is 7.11 Å². The summed E-state index contributed by atoms with van der Waals surface area (Å²) in [6, 6.07) is 3.15. The zero-order valence-corrected chi connectivity index (χ0v) is 24.1. The zero-order valence-electron chi connectivity index (χ0n) is 24.1. The van der Waals surface area contributed by atoms with Gasteiger partial charge in [-0.3, -0.25) is 24.0 Å². The first-order valence-electron chi connectivity index (χ1n) is 13.6. The van der Waals surface area contributed by atoms with Gasteiger partial charge in [-0.1, -0.05) is 39.8 Å². The Kier molecular flexibility index (Phi) is 7.31. The molecule has 0 heterocycles. The monoisotopic (exact) mass is 568 g/mol. The Hall–Kier alpha value is -3.79. The molecule has 0 aromatic heterocycles. The number of esters is 1. The number of aliphatic hydroxyl groups is 3. The summed E-state index contributed by atoms with van der Waals surface area (Å²) in [7, 11) is 1.21. The van der Waals surface area contributed by atoms with E-state index >= 15 is 0 Å². The van der Waals surface area contributed by atoms with Gasteiger partial charge < -0.3 is 25.2 Å². The van der Waals surface area contributed by atoms with Gasteiger partial charge in [-0.25, -0.2) is 0 Å². The fraction of sp³-hybridized carbons (Fsp3) is 0.516. The van der Waals surface area contributed by atoms with Crippen molar-refractivity contribution in [3.8, 4) is 5.75 Å². The summed E-state index contributed by atoms with van der Waals surface area (Å²) in [4.78, 5) is 64.0. The number of phenols is 1. The minimum Gasteiger partial charge on any atom is -0.511 e. The van der Waals surface area contributed by atoms with Crippen LogP contribution in [0.3, 0.4) is 0 Å². The standard InChI is InChI=1S/C31H36O10/c1-14(2)22-25(36)20(15(3)32)27(38)31(40)28(39)23-26(37)21-17(12-29(23,4)13-30(22,31)5)8-7-16(24(21)35)11-18(33)9-10-19(34)41-6/h7-8,14,22,35-36,39-40H,9-13H2,1-6H3/t22?,29-,30-,31+/m1/s1. The summed E-state index contributed by atoms with van der Waals surface area (Å²) < 4.78 is 4.54. The third-order valence-corrected chi connectivity index (χ3v) is 9.18. The highest BCUT2D eigenvalue weighted by Gasteiger charge is 2.71. The maximum Gasteiger partial charge on any atom is 0.305 e. The van der Waals surface area contributed by atoms with E-state index < -0.39 is 68.5 Å². The molecule has 1 aromatic rings. The van der Waals surface area contributed by atoms with Crippen LogP contribution in [-0.4, -0.2) is 62.2 Å². The molecule has 220 valence electrons. The smallest absolute Gasteiger partial charge is 0.305 e. The Morgan fingerprint density at radius 2 is 1.71 bits per heavy atom. The van der Waals surface area contributed by atoms with E-state index in [-0.39, 0.29) is 60.5 Å². The van der Waals surface area contributed by atoms with E-state index in [0.29, 0.717) is 5.56 Å². The van der Waals surface area contributed by atoms with Crippen LogP contribution in [0, 0.1) is 22.7 Å². The average molecular weight is 569 g/mol. The maximum absolute atomic E-state index is 14.0. The number of carbonyl (C=O) groups excluding carboxylic acids is 5. The molecule has 1 unspecified atom stereocenters. The third kappa shape index (κ3) is 4.22. The lowest BCUT2D eigenvalue weighted by Gasteiger charge is -2.59. The van der Waals surface area contributed by atoms with Gasteiger partial charge in [-0.2, -0.15) is 0 Å². The number of hydrogen-bond donors (Lipinski definition) is 4. The molecule has 0 spiro atoms. The number of phenolic OH excluding ortho intramolecular Hbond substituents is 1. The van der Waals surface area contributed by atoms with Crippen molar-refractivity contribution >= 4 is 29.1 Å². The van der Waals surface area contributed by atoms with Crippen LogP contribution in [0.4, 0.5) is 0 Å². The second kappa shape index (κ2) is 9.94. The van der Waals surface area contributed by atoms with Crippen LogP contribution in [0.15, 0.2) is 34.8 Å². The highest BCUT2D eigenvalue weighted by atomic mass is 16.5. The van der Waals surface area contributed by atoms with Crippen molar-refractivity contribution in [2.24, 2.45) is 22.7 Å². The molecule has 0 saturated heterocycles. The van der Waals surface area contributed by atoms with Crippen molar-refractivity contribution in [3.05, 3.63) is 51.5 Å². The van der Waals surface area contributed by atoms with Crippen molar-refractivity contribution in [3.63, 3.8) is 0 Å². The van der Waals surface area contributed by atoms with Gasteiger partial charge in [-0.15, -0.1) is 0 Å². The second-order valence-corrected chi connectivity index (χ2v) is 12.4. The Balaban J connectivity index is 1.86. The van der Waals surface area contributed by atoms with Gasteiger partial charge in [0.25, 0.3) is 0 Å². The number of Topliss-reactive ketones (excluding diaryl/α,β-unsaturated/α-hetero) is 4. The van der Waals surface area contributed by atoms with E-state index in [4.69, 9.17) is 0 Å². The van der Waals surface area contributed by atoms with E-state index in [1.807, 2.05) is 0 Å². The van der Waals surface area contributed by atoms with Gasteiger partial charge in [-0.05, 0) is 31.2 Å². The molecule has 0 aliphatic heterocycles. The predicted molar refractivity (Wildman–Crippen MR) is 145 cm³/mol. The lowest BCUT2D eigenvalue weighted by Crippen LogP contribution is -2.67. The zero-order chi connectivity index (χ0) is 30.8. The Bertz CT molecular complexity index is 1460. The molecule has 3 aliphatic carbocycles. The molecule has 0 saturated carbocycles. The number of benzene rings is 1. The van der Waals surface area contributed by atoms with Crippen LogP contribution in [0.2, 0.25) is 0 Å².